The van der Waals surface area contributed by atoms with Crippen molar-refractivity contribution in [3.05, 3.63) is 58.7 Å². The highest BCUT2D eigenvalue weighted by Crippen LogP contribution is 2.98. The molecule has 0 saturated heterocycles. The second-order valence-electron chi connectivity index (χ2n) is 24.3. The average Bonchev–Trinajstić information content (AvgIpc) is 3.86. The van der Waals surface area contributed by atoms with Gasteiger partial charge in [0, 0.05) is 17.8 Å². The second kappa shape index (κ2) is 8.00. The van der Waals surface area contributed by atoms with Crippen molar-refractivity contribution in [1.82, 2.24) is 0 Å². The maximum absolute atomic E-state index is 12.8. The summed E-state index contributed by atoms with van der Waals surface area (Å²) in [7, 11) is 1.61. The predicted octanol–water partition coefficient (Wildman–Crippen LogP) is 9.08. The number of methoxy groups -OCH3 is 1. The first kappa shape index (κ1) is 27.7. The Labute approximate surface area is 315 Å². The number of carbonyl (C=O) groups excluding carboxylic acids is 1. The Morgan fingerprint density at radius 3 is 2.25 bits per heavy atom. The Kier molecular flexibility index (Phi) is 4.18. The van der Waals surface area contributed by atoms with Gasteiger partial charge >= 0.3 is 5.97 Å². The minimum atomic E-state index is 0.0176. The van der Waals surface area contributed by atoms with Crippen LogP contribution in [0.2, 0.25) is 0 Å². The molecule has 29 unspecified atom stereocenters. The molecule has 17 aliphatic rings. The van der Waals surface area contributed by atoms with Gasteiger partial charge in [0.2, 0.25) is 0 Å². The summed E-state index contributed by atoms with van der Waals surface area (Å²) in [4.78, 5) is 12.8. The molecule has 1 aromatic carbocycles. The van der Waals surface area contributed by atoms with Crippen molar-refractivity contribution in [2.75, 3.05) is 7.11 Å². The fourth-order valence-corrected chi connectivity index (χ4v) is 26.7. The number of carbonyl (C=O) groups is 1. The van der Waals surface area contributed by atoms with E-state index in [9.17, 15) is 4.79 Å². The highest BCUT2D eigenvalue weighted by atomic mass is 16.5. The van der Waals surface area contributed by atoms with Crippen LogP contribution in [0, 0.1) is 165 Å². The van der Waals surface area contributed by atoms with Crippen LogP contribution in [0.5, 0.6) is 0 Å². The van der Waals surface area contributed by atoms with E-state index in [1.165, 1.54) is 19.3 Å². The minimum absolute atomic E-state index is 0.0176. The van der Waals surface area contributed by atoms with Gasteiger partial charge in [-0.1, -0.05) is 53.1 Å². The van der Waals surface area contributed by atoms with Gasteiger partial charge in [-0.2, -0.15) is 0 Å². The lowest BCUT2D eigenvalue weighted by atomic mass is 9.43. The quantitative estimate of drug-likeness (QED) is 0.226. The largest absolute Gasteiger partial charge is 0.469 e. The Bertz CT molecular complexity index is 2100. The Morgan fingerprint density at radius 1 is 0.698 bits per heavy atom. The number of allylic oxidation sites excluding steroid dienone is 4. The number of benzene rings is 1. The maximum atomic E-state index is 12.8. The molecule has 18 rings (SSSR count). The van der Waals surface area contributed by atoms with Crippen molar-refractivity contribution >= 4 is 5.97 Å². The van der Waals surface area contributed by atoms with E-state index in [1.54, 1.807) is 44.8 Å². The Morgan fingerprint density at radius 2 is 1.40 bits per heavy atom. The van der Waals surface area contributed by atoms with Crippen molar-refractivity contribution in [3.8, 4) is 0 Å². The molecule has 0 heterocycles. The number of hydrogen-bond acceptors (Lipinski definition) is 2. The summed E-state index contributed by atoms with van der Waals surface area (Å²) in [6.45, 7) is 0. The third kappa shape index (κ3) is 2.34. The number of rotatable bonds is 5. The molecular weight excluding hydrogens is 645 g/mol. The van der Waals surface area contributed by atoms with Crippen molar-refractivity contribution < 1.29 is 9.53 Å². The molecule has 2 nitrogen and oxygen atoms in total. The summed E-state index contributed by atoms with van der Waals surface area (Å²) in [5, 5.41) is 0. The van der Waals surface area contributed by atoms with E-state index >= 15 is 0 Å². The van der Waals surface area contributed by atoms with Crippen LogP contribution < -0.4 is 0 Å². The van der Waals surface area contributed by atoms with Crippen LogP contribution in [0.1, 0.15) is 69.8 Å². The van der Waals surface area contributed by atoms with Crippen LogP contribution in [0.15, 0.2) is 53.1 Å². The molecular formula is C51H56O2. The summed E-state index contributed by atoms with van der Waals surface area (Å²) < 4.78 is 5.32. The molecule has 1 aromatic rings. The van der Waals surface area contributed by atoms with Crippen LogP contribution in [-0.4, -0.2) is 13.1 Å². The molecule has 1 spiro atoms. The fraction of sp³-hybridized carbons (Fsp3) is 0.784. The highest BCUT2D eigenvalue weighted by molar-refractivity contribution is 5.69. The van der Waals surface area contributed by atoms with Gasteiger partial charge in [-0.3, -0.25) is 4.79 Å². The first-order valence-electron chi connectivity index (χ1n) is 23.7. The van der Waals surface area contributed by atoms with Crippen LogP contribution in [0.25, 0.3) is 0 Å². The molecule has 0 aliphatic heterocycles. The topological polar surface area (TPSA) is 26.3 Å². The van der Waals surface area contributed by atoms with E-state index < -0.39 is 0 Å². The van der Waals surface area contributed by atoms with E-state index in [1.807, 2.05) is 5.57 Å². The number of fused-ring (bicyclic) bond motifs is 1. The molecule has 2 heteroatoms. The Balaban J connectivity index is 0.944. The number of esters is 1. The Hall–Kier alpha value is -1.83. The van der Waals surface area contributed by atoms with Gasteiger partial charge in [0.1, 0.15) is 0 Å². The fourth-order valence-electron chi connectivity index (χ4n) is 26.7. The molecule has 14 fully saturated rings. The molecule has 0 amide bonds. The SMILES string of the molecule is COC(=O)CCCC1(c2ccccc2)C2C3CC4CC5CC6CC7CC8CC9=CC%10CC21C1C%10C2C9C9=C8C7C7C6C6C5C4C4C3C1C1C2C9C7C6C41. The van der Waals surface area contributed by atoms with Gasteiger partial charge in [0.15, 0.2) is 0 Å². The van der Waals surface area contributed by atoms with Gasteiger partial charge in [-0.15, -0.1) is 0 Å². The van der Waals surface area contributed by atoms with Crippen LogP contribution in [-0.2, 0) is 14.9 Å². The van der Waals surface area contributed by atoms with Crippen molar-refractivity contribution in [2.45, 2.75) is 69.6 Å². The summed E-state index contributed by atoms with van der Waals surface area (Å²) in [6.07, 6.45) is 17.1. The van der Waals surface area contributed by atoms with Gasteiger partial charge in [0.05, 0.1) is 7.11 Å². The van der Waals surface area contributed by atoms with Crippen LogP contribution >= 0.6 is 0 Å². The molecule has 53 heavy (non-hydrogen) atoms. The number of hydrogen-bond donors (Lipinski definition) is 0. The second-order valence-corrected chi connectivity index (χ2v) is 24.3. The average molecular weight is 701 g/mol. The maximum Gasteiger partial charge on any atom is 0.305 e. The molecule has 29 atom stereocenters. The lowest BCUT2D eigenvalue weighted by molar-refractivity contribution is -0.140. The standard InChI is InChI=1S/C51H56O2/c1-53-27(52)8-5-9-50(25-6-3-2-4-7-25)49-26-16-23-14-20-12-21-11-18-10-19-13-22-15-24-17-51(49,50)48-34(24)39-33(22)38-29(19)28(18)36-32(21)37-30(20)31(23)40-35(26)47(48)46-44(39)42(38)41(36)43(37)45(40)46/h2-4,6-7,15,18-21,23-24,26,28,30-37,39-49H,5,8-14,16-17H2,1H3. The monoisotopic (exact) mass is 700 g/mol. The normalized spacial score (nSPS) is 70.1. The van der Waals surface area contributed by atoms with E-state index in [4.69, 9.17) is 4.74 Å². The van der Waals surface area contributed by atoms with Crippen LogP contribution in [0.4, 0.5) is 0 Å². The third-order valence-corrected chi connectivity index (χ3v) is 25.2. The van der Waals surface area contributed by atoms with E-state index in [-0.39, 0.29) is 11.4 Å². The molecule has 272 valence electrons. The summed E-state index contributed by atoms with van der Waals surface area (Å²) in [5.74, 6) is 28.2. The third-order valence-electron chi connectivity index (χ3n) is 25.2. The minimum Gasteiger partial charge on any atom is -0.469 e. The summed E-state index contributed by atoms with van der Waals surface area (Å²) >= 11 is 0. The lowest BCUT2D eigenvalue weighted by Crippen LogP contribution is -2.58. The molecule has 0 N–H and O–H groups in total. The summed E-state index contributed by atoms with van der Waals surface area (Å²) in [6, 6.07) is 12.3. The zero-order chi connectivity index (χ0) is 33.5. The van der Waals surface area contributed by atoms with Gasteiger partial charge < -0.3 is 4.74 Å². The lowest BCUT2D eigenvalue weighted by Gasteiger charge is -2.61. The zero-order valence-electron chi connectivity index (χ0n) is 31.4. The van der Waals surface area contributed by atoms with Crippen molar-refractivity contribution in [1.29, 1.82) is 0 Å². The molecule has 17 aliphatic carbocycles. The van der Waals surface area contributed by atoms with Crippen molar-refractivity contribution in [3.63, 3.8) is 0 Å². The van der Waals surface area contributed by atoms with Gasteiger partial charge in [-0.25, -0.2) is 0 Å². The van der Waals surface area contributed by atoms with Crippen LogP contribution in [0.3, 0.4) is 0 Å². The number of ether oxygens (including phenoxy) is 1. The first-order chi connectivity index (χ1) is 26.2. The molecule has 0 radical (unpaired) electrons. The van der Waals surface area contributed by atoms with Crippen molar-refractivity contribution in [2.24, 2.45) is 165 Å². The van der Waals surface area contributed by atoms with E-state index in [0.29, 0.717) is 11.8 Å². The van der Waals surface area contributed by atoms with Gasteiger partial charge in [-0.05, 0) is 223 Å². The van der Waals surface area contributed by atoms with Gasteiger partial charge in [0.25, 0.3) is 0 Å². The van der Waals surface area contributed by atoms with E-state index in [2.05, 4.69) is 47.6 Å². The highest BCUT2D eigenvalue weighted by Gasteiger charge is 2.94. The molecule has 14 saturated carbocycles. The zero-order valence-corrected chi connectivity index (χ0v) is 31.4. The predicted molar refractivity (Wildman–Crippen MR) is 198 cm³/mol. The van der Waals surface area contributed by atoms with E-state index in [0.717, 1.165) is 166 Å². The smallest absolute Gasteiger partial charge is 0.305 e. The summed E-state index contributed by atoms with van der Waals surface area (Å²) in [5.41, 5.74) is 8.97. The molecule has 0 aromatic heterocycles. The molecule has 0 bridgehead atoms. The first-order valence-corrected chi connectivity index (χ1v) is 23.7.